The molecule has 6 atom stereocenters. The number of hydrogen-bond donors (Lipinski definition) is 2. The Balaban J connectivity index is 1.74. The molecule has 1 aromatic rings. The maximum absolute atomic E-state index is 10.1. The molecule has 3 rings (SSSR count). The molecule has 0 radical (unpaired) electrons. The van der Waals surface area contributed by atoms with Gasteiger partial charge in [-0.2, -0.15) is 0 Å². The van der Waals surface area contributed by atoms with Gasteiger partial charge in [0, 0.05) is 12.7 Å². The van der Waals surface area contributed by atoms with E-state index in [2.05, 4.69) is 0 Å². The fourth-order valence-corrected chi connectivity index (χ4v) is 2.55. The van der Waals surface area contributed by atoms with Crippen LogP contribution in [0.4, 0.5) is 0 Å². The molecule has 110 valence electrons. The van der Waals surface area contributed by atoms with Crippen molar-refractivity contribution in [1.82, 2.24) is 0 Å². The van der Waals surface area contributed by atoms with Crippen LogP contribution in [0.25, 0.3) is 0 Å². The average molecular weight is 282 g/mol. The first-order chi connectivity index (χ1) is 9.70. The molecule has 0 aromatic heterocycles. The molecule has 0 spiro atoms. The Hall–Kier alpha value is -1.02. The summed E-state index contributed by atoms with van der Waals surface area (Å²) in [5.41, 5.74) is 0.863. The normalized spacial score (nSPS) is 41.1. The Kier molecular flexibility index (Phi) is 4.02. The van der Waals surface area contributed by atoms with Crippen LogP contribution in [0.1, 0.15) is 11.9 Å². The lowest BCUT2D eigenvalue weighted by Gasteiger charge is -2.45. The van der Waals surface area contributed by atoms with Crippen molar-refractivity contribution < 1.29 is 29.2 Å². The van der Waals surface area contributed by atoms with Crippen molar-refractivity contribution >= 4 is 0 Å². The maximum atomic E-state index is 10.1. The highest BCUT2D eigenvalue weighted by atomic mass is 16.7. The monoisotopic (exact) mass is 282 g/mol. The molecule has 0 saturated carbocycles. The second kappa shape index (κ2) is 5.77. The molecule has 2 aliphatic heterocycles. The lowest BCUT2D eigenvalue weighted by molar-refractivity contribution is -0.358. The summed E-state index contributed by atoms with van der Waals surface area (Å²) < 4.78 is 21.9. The van der Waals surface area contributed by atoms with E-state index in [0.29, 0.717) is 0 Å². The summed E-state index contributed by atoms with van der Waals surface area (Å²) in [6.07, 6.45) is -4.76. The first kappa shape index (κ1) is 13.9. The fraction of sp³-hybridized carbons (Fsp3) is 0.571. The average Bonchev–Trinajstić information content (AvgIpc) is 2.51. The second-order valence-corrected chi connectivity index (χ2v) is 4.94. The Bertz CT molecular complexity index is 437. The van der Waals surface area contributed by atoms with E-state index in [9.17, 15) is 10.2 Å². The standard InChI is InChI=1S/C14H18O6/c1-17-14-11(16)10(15)12-9(19-14)7-18-13(20-12)8-5-3-2-4-6-8/h2-6,9-16H,7H2,1H3/t9-,10-,11+,12+,13-,14-/m1/s1. The molecular weight excluding hydrogens is 264 g/mol. The first-order valence-corrected chi connectivity index (χ1v) is 6.57. The van der Waals surface area contributed by atoms with E-state index in [1.165, 1.54) is 7.11 Å². The summed E-state index contributed by atoms with van der Waals surface area (Å²) in [5, 5.41) is 20.1. The molecular formula is C14H18O6. The quantitative estimate of drug-likeness (QED) is 0.806. The number of aliphatic hydroxyl groups is 2. The molecule has 0 unspecified atom stereocenters. The SMILES string of the molecule is CO[C@@H]1O[C@@H]2CO[C@@H](c3ccccc3)O[C@@H]2[C@H](O)[C@@H]1O. The van der Waals surface area contributed by atoms with Crippen LogP contribution in [0.2, 0.25) is 0 Å². The van der Waals surface area contributed by atoms with E-state index in [0.717, 1.165) is 5.56 Å². The molecule has 0 aliphatic carbocycles. The minimum absolute atomic E-state index is 0.272. The Morgan fingerprint density at radius 1 is 1.10 bits per heavy atom. The summed E-state index contributed by atoms with van der Waals surface area (Å²) in [5.74, 6) is 0. The number of methoxy groups -OCH3 is 1. The van der Waals surface area contributed by atoms with Gasteiger partial charge in [-0.25, -0.2) is 0 Å². The minimum atomic E-state index is -1.14. The first-order valence-electron chi connectivity index (χ1n) is 6.57. The third-order valence-corrected chi connectivity index (χ3v) is 3.64. The van der Waals surface area contributed by atoms with E-state index in [1.807, 2.05) is 30.3 Å². The van der Waals surface area contributed by atoms with E-state index in [-0.39, 0.29) is 6.61 Å². The summed E-state index contributed by atoms with van der Waals surface area (Å²) in [6.45, 7) is 0.272. The molecule has 20 heavy (non-hydrogen) atoms. The largest absolute Gasteiger partial charge is 0.387 e. The summed E-state index contributed by atoms with van der Waals surface area (Å²) in [6, 6.07) is 9.45. The topological polar surface area (TPSA) is 77.4 Å². The number of fused-ring (bicyclic) bond motifs is 1. The summed E-state index contributed by atoms with van der Waals surface area (Å²) in [4.78, 5) is 0. The van der Waals surface area contributed by atoms with Crippen LogP contribution in [-0.2, 0) is 18.9 Å². The van der Waals surface area contributed by atoms with Crippen LogP contribution in [0.3, 0.4) is 0 Å². The lowest BCUT2D eigenvalue weighted by atomic mass is 9.98. The van der Waals surface area contributed by atoms with Gasteiger partial charge in [-0.3, -0.25) is 0 Å². The van der Waals surface area contributed by atoms with Gasteiger partial charge in [0.25, 0.3) is 0 Å². The number of ether oxygens (including phenoxy) is 4. The molecule has 0 amide bonds. The second-order valence-electron chi connectivity index (χ2n) is 4.94. The summed E-state index contributed by atoms with van der Waals surface area (Å²) in [7, 11) is 1.41. The van der Waals surface area contributed by atoms with Crippen molar-refractivity contribution in [2.45, 2.75) is 37.0 Å². The highest BCUT2D eigenvalue weighted by molar-refractivity contribution is 5.16. The predicted octanol–water partition coefficient (Wildman–Crippen LogP) is 0.194. The Morgan fingerprint density at radius 3 is 2.55 bits per heavy atom. The third-order valence-electron chi connectivity index (χ3n) is 3.64. The van der Waals surface area contributed by atoms with Crippen LogP contribution >= 0.6 is 0 Å². The number of aliphatic hydroxyl groups excluding tert-OH is 2. The van der Waals surface area contributed by atoms with Crippen molar-refractivity contribution in [3.05, 3.63) is 35.9 Å². The molecule has 2 fully saturated rings. The van der Waals surface area contributed by atoms with Crippen LogP contribution in [-0.4, -0.2) is 54.6 Å². The highest BCUT2D eigenvalue weighted by Crippen LogP contribution is 2.33. The molecule has 0 bridgehead atoms. The van der Waals surface area contributed by atoms with E-state index < -0.39 is 37.0 Å². The van der Waals surface area contributed by atoms with Crippen molar-refractivity contribution in [2.24, 2.45) is 0 Å². The molecule has 2 aliphatic rings. The number of rotatable bonds is 2. The van der Waals surface area contributed by atoms with Gasteiger partial charge in [0.1, 0.15) is 24.4 Å². The zero-order valence-corrected chi connectivity index (χ0v) is 11.1. The molecule has 6 nitrogen and oxygen atoms in total. The van der Waals surface area contributed by atoms with Gasteiger partial charge in [0.15, 0.2) is 12.6 Å². The van der Waals surface area contributed by atoms with Gasteiger partial charge in [0.2, 0.25) is 0 Å². The van der Waals surface area contributed by atoms with Crippen molar-refractivity contribution in [3.8, 4) is 0 Å². The minimum Gasteiger partial charge on any atom is -0.387 e. The lowest BCUT2D eigenvalue weighted by Crippen LogP contribution is -2.62. The molecule has 6 heteroatoms. The van der Waals surface area contributed by atoms with E-state index in [1.54, 1.807) is 0 Å². The number of hydrogen-bond acceptors (Lipinski definition) is 6. The highest BCUT2D eigenvalue weighted by Gasteiger charge is 2.48. The van der Waals surface area contributed by atoms with Crippen LogP contribution in [0.15, 0.2) is 30.3 Å². The summed E-state index contributed by atoms with van der Waals surface area (Å²) >= 11 is 0. The number of benzene rings is 1. The maximum Gasteiger partial charge on any atom is 0.186 e. The molecule has 2 heterocycles. The van der Waals surface area contributed by atoms with Crippen molar-refractivity contribution in [3.63, 3.8) is 0 Å². The van der Waals surface area contributed by atoms with Gasteiger partial charge in [-0.15, -0.1) is 0 Å². The zero-order chi connectivity index (χ0) is 14.1. The van der Waals surface area contributed by atoms with Gasteiger partial charge < -0.3 is 29.2 Å². The van der Waals surface area contributed by atoms with Crippen LogP contribution < -0.4 is 0 Å². The zero-order valence-electron chi connectivity index (χ0n) is 11.1. The Labute approximate surface area is 116 Å². The van der Waals surface area contributed by atoms with Crippen molar-refractivity contribution in [1.29, 1.82) is 0 Å². The fourth-order valence-electron chi connectivity index (χ4n) is 2.55. The molecule has 1 aromatic carbocycles. The van der Waals surface area contributed by atoms with Gasteiger partial charge in [-0.05, 0) is 0 Å². The predicted molar refractivity (Wildman–Crippen MR) is 67.7 cm³/mol. The van der Waals surface area contributed by atoms with E-state index >= 15 is 0 Å². The Morgan fingerprint density at radius 2 is 1.85 bits per heavy atom. The van der Waals surface area contributed by atoms with Crippen LogP contribution in [0.5, 0.6) is 0 Å². The third kappa shape index (κ3) is 2.46. The molecule has 2 N–H and O–H groups in total. The van der Waals surface area contributed by atoms with Gasteiger partial charge >= 0.3 is 0 Å². The van der Waals surface area contributed by atoms with Crippen molar-refractivity contribution in [2.75, 3.05) is 13.7 Å². The molecule has 2 saturated heterocycles. The van der Waals surface area contributed by atoms with Gasteiger partial charge in [-0.1, -0.05) is 30.3 Å². The van der Waals surface area contributed by atoms with Gasteiger partial charge in [0.05, 0.1) is 6.61 Å². The van der Waals surface area contributed by atoms with E-state index in [4.69, 9.17) is 18.9 Å². The van der Waals surface area contributed by atoms with Crippen LogP contribution in [0, 0.1) is 0 Å². The smallest absolute Gasteiger partial charge is 0.186 e.